The van der Waals surface area contributed by atoms with Crippen LogP contribution in [0.25, 0.3) is 0 Å². The molecule has 1 unspecified atom stereocenters. The van der Waals surface area contributed by atoms with E-state index in [0.717, 1.165) is 25.8 Å². The van der Waals surface area contributed by atoms with Crippen molar-refractivity contribution in [2.75, 3.05) is 20.2 Å². The maximum Gasteiger partial charge on any atom is 0.215 e. The Bertz CT molecular complexity index is 313. The Morgan fingerprint density at radius 2 is 2.06 bits per heavy atom. The van der Waals surface area contributed by atoms with Crippen molar-refractivity contribution in [1.82, 2.24) is 10.0 Å². The molecule has 5 nitrogen and oxygen atoms in total. The fourth-order valence-electron chi connectivity index (χ4n) is 1.79. The van der Waals surface area contributed by atoms with E-state index in [-0.39, 0.29) is 12.1 Å². The minimum atomic E-state index is -3.20. The first-order chi connectivity index (χ1) is 7.99. The van der Waals surface area contributed by atoms with Crippen LogP contribution in [0.5, 0.6) is 0 Å². The van der Waals surface area contributed by atoms with E-state index in [4.69, 9.17) is 4.74 Å². The smallest absolute Gasteiger partial charge is 0.215 e. The van der Waals surface area contributed by atoms with Gasteiger partial charge in [-0.05, 0) is 32.7 Å². The normalized spacial score (nSPS) is 26.5. The Morgan fingerprint density at radius 1 is 1.41 bits per heavy atom. The SMILES string of the molecule is CCCNCC(C)S(=O)(=O)NC1CC(OC)C1. The zero-order valence-electron chi connectivity index (χ0n) is 10.9. The Hall–Kier alpha value is -0.170. The summed E-state index contributed by atoms with van der Waals surface area (Å²) in [4.78, 5) is 0. The highest BCUT2D eigenvalue weighted by atomic mass is 32.2. The summed E-state index contributed by atoms with van der Waals surface area (Å²) in [6.45, 7) is 5.15. The molecule has 0 saturated heterocycles. The number of methoxy groups -OCH3 is 1. The summed E-state index contributed by atoms with van der Waals surface area (Å²) in [6.07, 6.45) is 2.80. The second-order valence-electron chi connectivity index (χ2n) is 4.70. The molecule has 0 aromatic rings. The standard InChI is InChI=1S/C11H24N2O3S/c1-4-5-12-8-9(2)17(14,15)13-10-6-11(7-10)16-3/h9-13H,4-8H2,1-3H3. The number of ether oxygens (including phenoxy) is 1. The third-order valence-electron chi connectivity index (χ3n) is 3.15. The van der Waals surface area contributed by atoms with Crippen LogP contribution in [-0.4, -0.2) is 46.0 Å². The van der Waals surface area contributed by atoms with Crippen molar-refractivity contribution < 1.29 is 13.2 Å². The topological polar surface area (TPSA) is 67.4 Å². The van der Waals surface area contributed by atoms with E-state index < -0.39 is 15.3 Å². The molecule has 0 aromatic carbocycles. The fourth-order valence-corrected chi connectivity index (χ4v) is 3.02. The number of sulfonamides is 1. The van der Waals surface area contributed by atoms with E-state index in [0.29, 0.717) is 6.54 Å². The van der Waals surface area contributed by atoms with Crippen molar-refractivity contribution >= 4 is 10.0 Å². The maximum atomic E-state index is 11.9. The summed E-state index contributed by atoms with van der Waals surface area (Å²) in [5.74, 6) is 0. The molecule has 0 aromatic heterocycles. The van der Waals surface area contributed by atoms with Crippen LogP contribution < -0.4 is 10.0 Å². The molecule has 1 rings (SSSR count). The van der Waals surface area contributed by atoms with Gasteiger partial charge in [0.1, 0.15) is 0 Å². The van der Waals surface area contributed by atoms with Crippen LogP contribution in [0.3, 0.4) is 0 Å². The van der Waals surface area contributed by atoms with Crippen molar-refractivity contribution in [2.45, 2.75) is 50.5 Å². The highest BCUT2D eigenvalue weighted by Gasteiger charge is 2.33. The molecular formula is C11H24N2O3S. The number of hydrogen-bond donors (Lipinski definition) is 2. The van der Waals surface area contributed by atoms with E-state index in [1.54, 1.807) is 14.0 Å². The molecule has 17 heavy (non-hydrogen) atoms. The van der Waals surface area contributed by atoms with Gasteiger partial charge in [0, 0.05) is 19.7 Å². The van der Waals surface area contributed by atoms with E-state index in [1.165, 1.54) is 0 Å². The van der Waals surface area contributed by atoms with Crippen LogP contribution in [0, 0.1) is 0 Å². The van der Waals surface area contributed by atoms with Crippen LogP contribution in [0.2, 0.25) is 0 Å². The van der Waals surface area contributed by atoms with Crippen molar-refractivity contribution in [3.05, 3.63) is 0 Å². The molecule has 0 bridgehead atoms. The second kappa shape index (κ2) is 6.68. The lowest BCUT2D eigenvalue weighted by atomic mass is 9.90. The lowest BCUT2D eigenvalue weighted by Gasteiger charge is -2.35. The van der Waals surface area contributed by atoms with Gasteiger partial charge in [-0.1, -0.05) is 6.92 Å². The predicted octanol–water partition coefficient (Wildman–Crippen LogP) is 0.471. The minimum Gasteiger partial charge on any atom is -0.381 e. The summed E-state index contributed by atoms with van der Waals surface area (Å²) >= 11 is 0. The average molecular weight is 264 g/mol. The molecule has 6 heteroatoms. The second-order valence-corrected chi connectivity index (χ2v) is 6.83. The quantitative estimate of drug-likeness (QED) is 0.625. The van der Waals surface area contributed by atoms with Crippen LogP contribution in [0.15, 0.2) is 0 Å². The Balaban J connectivity index is 2.30. The third kappa shape index (κ3) is 4.54. The summed E-state index contributed by atoms with van der Waals surface area (Å²) in [5.41, 5.74) is 0. The molecule has 1 aliphatic rings. The molecule has 0 radical (unpaired) electrons. The first-order valence-electron chi connectivity index (χ1n) is 6.24. The molecule has 0 spiro atoms. The van der Waals surface area contributed by atoms with Gasteiger partial charge >= 0.3 is 0 Å². The number of rotatable bonds is 8. The Morgan fingerprint density at radius 3 is 2.59 bits per heavy atom. The van der Waals surface area contributed by atoms with Gasteiger partial charge in [0.15, 0.2) is 0 Å². The van der Waals surface area contributed by atoms with E-state index in [2.05, 4.69) is 17.0 Å². The molecule has 0 heterocycles. The molecule has 1 saturated carbocycles. The largest absolute Gasteiger partial charge is 0.381 e. The lowest BCUT2D eigenvalue weighted by Crippen LogP contribution is -2.50. The first kappa shape index (κ1) is 14.9. The van der Waals surface area contributed by atoms with Crippen LogP contribution in [0.4, 0.5) is 0 Å². The van der Waals surface area contributed by atoms with Gasteiger partial charge in [0.05, 0.1) is 11.4 Å². The van der Waals surface area contributed by atoms with Crippen LogP contribution in [0.1, 0.15) is 33.1 Å². The van der Waals surface area contributed by atoms with Gasteiger partial charge in [-0.15, -0.1) is 0 Å². The molecule has 1 fully saturated rings. The highest BCUT2D eigenvalue weighted by Crippen LogP contribution is 2.23. The molecule has 1 atom stereocenters. The van der Waals surface area contributed by atoms with Crippen LogP contribution >= 0.6 is 0 Å². The molecule has 102 valence electrons. The van der Waals surface area contributed by atoms with Crippen molar-refractivity contribution in [1.29, 1.82) is 0 Å². The lowest BCUT2D eigenvalue weighted by molar-refractivity contribution is 0.0235. The average Bonchev–Trinajstić information content (AvgIpc) is 2.23. The van der Waals surface area contributed by atoms with Gasteiger partial charge < -0.3 is 10.1 Å². The zero-order chi connectivity index (χ0) is 12.9. The van der Waals surface area contributed by atoms with Gasteiger partial charge in [-0.3, -0.25) is 0 Å². The molecule has 0 amide bonds. The first-order valence-corrected chi connectivity index (χ1v) is 7.78. The monoisotopic (exact) mass is 264 g/mol. The maximum absolute atomic E-state index is 11.9. The minimum absolute atomic E-state index is 0.0542. The van der Waals surface area contributed by atoms with Gasteiger partial charge in [0.25, 0.3) is 0 Å². The van der Waals surface area contributed by atoms with E-state index in [9.17, 15) is 8.42 Å². The summed E-state index contributed by atoms with van der Waals surface area (Å²) < 4.78 is 31.7. The molecule has 1 aliphatic carbocycles. The molecule has 0 aliphatic heterocycles. The Labute approximate surface area is 104 Å². The number of nitrogens with one attached hydrogen (secondary N) is 2. The molecular weight excluding hydrogens is 240 g/mol. The highest BCUT2D eigenvalue weighted by molar-refractivity contribution is 7.90. The van der Waals surface area contributed by atoms with Crippen LogP contribution in [-0.2, 0) is 14.8 Å². The third-order valence-corrected chi connectivity index (χ3v) is 5.04. The van der Waals surface area contributed by atoms with E-state index in [1.807, 2.05) is 0 Å². The van der Waals surface area contributed by atoms with Crippen molar-refractivity contribution in [3.63, 3.8) is 0 Å². The number of hydrogen-bond acceptors (Lipinski definition) is 4. The molecule has 2 N–H and O–H groups in total. The summed E-state index contributed by atoms with van der Waals surface area (Å²) in [7, 11) is -1.54. The van der Waals surface area contributed by atoms with E-state index >= 15 is 0 Å². The Kier molecular flexibility index (Phi) is 5.85. The summed E-state index contributed by atoms with van der Waals surface area (Å²) in [6, 6.07) is 0.0542. The van der Waals surface area contributed by atoms with Crippen molar-refractivity contribution in [2.24, 2.45) is 0 Å². The summed E-state index contributed by atoms with van der Waals surface area (Å²) in [5, 5.41) is 2.73. The van der Waals surface area contributed by atoms with Gasteiger partial charge in [0.2, 0.25) is 10.0 Å². The van der Waals surface area contributed by atoms with Gasteiger partial charge in [-0.2, -0.15) is 0 Å². The zero-order valence-corrected chi connectivity index (χ0v) is 11.7. The fraction of sp³-hybridized carbons (Fsp3) is 1.00. The predicted molar refractivity (Wildman–Crippen MR) is 68.5 cm³/mol. The van der Waals surface area contributed by atoms with Gasteiger partial charge in [-0.25, -0.2) is 13.1 Å². The van der Waals surface area contributed by atoms with Crippen molar-refractivity contribution in [3.8, 4) is 0 Å².